The zero-order chi connectivity index (χ0) is 50.7. The summed E-state index contributed by atoms with van der Waals surface area (Å²) < 4.78 is 82.0. The molecule has 10 rings (SSSR count). The number of ether oxygens (including phenoxy) is 6. The summed E-state index contributed by atoms with van der Waals surface area (Å²) in [6.07, 6.45) is 1.88. The molecule has 0 radical (unpaired) electrons. The minimum Gasteiger partial charge on any atom is -0.756 e. The number of nitrogens with one attached hydrogen (secondary N) is 4. The van der Waals surface area contributed by atoms with E-state index in [0.717, 1.165) is 11.1 Å². The number of anilines is 2. The molecular weight excluding hydrogens is 999 g/mol. The number of urea groups is 2. The van der Waals surface area contributed by atoms with Gasteiger partial charge in [0, 0.05) is 13.1 Å². The van der Waals surface area contributed by atoms with E-state index < -0.39 is 103 Å². The van der Waals surface area contributed by atoms with E-state index in [1.54, 1.807) is 38.2 Å². The molecule has 4 aromatic heterocycles. The first-order valence-electron chi connectivity index (χ1n) is 22.8. The SMILES string of the molecule is CCNC(=O)Nc1ncnc2c1ncn2[C@@H]1O[C@H](COP(=O)([O-])OP(=O)([O-])OC[C@H]2O[C@@H](n3cnc4c(NC(=O)NCC)ncnc43)[C@H]3OC(/C=C/c4ccccc4)OC23)C2OC(/C=C/c3ccccc3)OC21. The standard InChI is InChI=1S/C44H48N12O15P2/c1-3-45-43(57)53-37-31-39(49-21-47-37)55(23-51-31)41-35-33(67-29(69-35)17-15-25-11-7-5-8-12-25)27(65-41)19-63-72(59,60)71-73(61,62)64-20-28-34-36(70-30(68-34)18-16-26-13-9-6-10-14-26)42(66-28)56-24-52-32-38(48-22-50-40(32)56)54-44(58)46-4-2/h5-18,21-24,27-30,33-36,41-42H,3-4,19-20H2,1-2H3,(H,59,60)(H,61,62)(H2,45,47,49,53,57)(H2,46,48,50,54,58)/p-2/b17-15+,18-16+/t27-,28-,29?,30?,33?,34?,35+,36?,41-,42-/m1/s1. The van der Waals surface area contributed by atoms with Gasteiger partial charge >= 0.3 is 12.1 Å². The molecule has 12 atom stereocenters. The van der Waals surface area contributed by atoms with Gasteiger partial charge in [0.15, 0.2) is 59.0 Å². The highest BCUT2D eigenvalue weighted by atomic mass is 31.3. The lowest BCUT2D eigenvalue weighted by Gasteiger charge is -2.32. The van der Waals surface area contributed by atoms with Crippen LogP contribution in [0.2, 0.25) is 0 Å². The fourth-order valence-electron chi connectivity index (χ4n) is 8.51. The second-order valence-corrected chi connectivity index (χ2v) is 19.4. The number of fused-ring (bicyclic) bond motifs is 4. The number of amides is 4. The molecule has 4 saturated heterocycles. The predicted octanol–water partition coefficient (Wildman–Crippen LogP) is 3.38. The third-order valence-corrected chi connectivity index (χ3v) is 14.2. The second-order valence-electron chi connectivity index (χ2n) is 16.4. The first-order valence-corrected chi connectivity index (χ1v) is 25.7. The molecule has 384 valence electrons. The molecule has 7 unspecified atom stereocenters. The molecule has 0 aliphatic carbocycles. The molecule has 4 aliphatic rings. The highest BCUT2D eigenvalue weighted by molar-refractivity contribution is 7.59. The van der Waals surface area contributed by atoms with Gasteiger partial charge in [0.05, 0.1) is 25.9 Å². The maximum atomic E-state index is 13.3. The molecule has 4 N–H and O–H groups in total. The normalized spacial score (nSPS) is 27.3. The Bertz CT molecular complexity index is 2890. The highest BCUT2D eigenvalue weighted by Crippen LogP contribution is 2.57. The van der Waals surface area contributed by atoms with Crippen LogP contribution in [0.4, 0.5) is 21.2 Å². The van der Waals surface area contributed by atoms with Crippen LogP contribution in [0.5, 0.6) is 0 Å². The Balaban J connectivity index is 0.830. The summed E-state index contributed by atoms with van der Waals surface area (Å²) >= 11 is 0. The van der Waals surface area contributed by atoms with E-state index in [2.05, 4.69) is 55.5 Å². The Labute approximate surface area is 414 Å². The molecule has 27 nitrogen and oxygen atoms in total. The fraction of sp³-hybridized carbons (Fsp3) is 0.364. The summed E-state index contributed by atoms with van der Waals surface area (Å²) in [5.74, 6) is 0.218. The van der Waals surface area contributed by atoms with E-state index in [0.29, 0.717) is 13.1 Å². The molecule has 2 aromatic carbocycles. The average molecular weight is 1040 g/mol. The van der Waals surface area contributed by atoms with Crippen molar-refractivity contribution in [1.29, 1.82) is 0 Å². The zero-order valence-electron chi connectivity index (χ0n) is 38.6. The van der Waals surface area contributed by atoms with E-state index >= 15 is 0 Å². The maximum absolute atomic E-state index is 13.3. The van der Waals surface area contributed by atoms with Crippen molar-refractivity contribution >= 4 is 73.8 Å². The smallest absolute Gasteiger partial charge is 0.320 e. The van der Waals surface area contributed by atoms with Crippen molar-refractivity contribution in [2.45, 2.75) is 75.5 Å². The largest absolute Gasteiger partial charge is 0.756 e. The number of hydrogen-bond acceptors (Lipinski definition) is 21. The van der Waals surface area contributed by atoms with E-state index in [9.17, 15) is 28.5 Å². The molecule has 0 spiro atoms. The number of rotatable bonds is 18. The second kappa shape index (κ2) is 21.6. The molecule has 8 heterocycles. The lowest BCUT2D eigenvalue weighted by Crippen LogP contribution is -2.33. The fourth-order valence-corrected chi connectivity index (χ4v) is 10.5. The minimum atomic E-state index is -5.74. The van der Waals surface area contributed by atoms with Gasteiger partial charge in [-0.05, 0) is 37.1 Å². The van der Waals surface area contributed by atoms with Crippen molar-refractivity contribution in [3.05, 3.63) is 109 Å². The van der Waals surface area contributed by atoms with Crippen molar-refractivity contribution in [2.24, 2.45) is 0 Å². The van der Waals surface area contributed by atoms with Gasteiger partial charge in [0.25, 0.3) is 15.6 Å². The molecule has 0 bridgehead atoms. The van der Waals surface area contributed by atoms with Crippen LogP contribution in [-0.2, 0) is 50.9 Å². The Hall–Kier alpha value is -6.42. The topological polar surface area (TPSA) is 333 Å². The molecule has 4 amide bonds. The van der Waals surface area contributed by atoms with E-state index in [1.165, 1.54) is 34.4 Å². The number of benzene rings is 2. The molecule has 6 aromatic rings. The van der Waals surface area contributed by atoms with Crippen molar-refractivity contribution < 1.29 is 70.3 Å². The number of imidazole rings is 2. The van der Waals surface area contributed by atoms with Gasteiger partial charge in [0.1, 0.15) is 49.3 Å². The van der Waals surface area contributed by atoms with E-state index in [4.69, 9.17) is 37.5 Å². The van der Waals surface area contributed by atoms with Gasteiger partial charge < -0.3 is 57.9 Å². The van der Waals surface area contributed by atoms with Crippen LogP contribution >= 0.6 is 15.6 Å². The van der Waals surface area contributed by atoms with Crippen molar-refractivity contribution in [3.8, 4) is 0 Å². The number of hydrogen-bond donors (Lipinski definition) is 4. The summed E-state index contributed by atoms with van der Waals surface area (Å²) in [6.45, 7) is 2.62. The molecule has 73 heavy (non-hydrogen) atoms. The van der Waals surface area contributed by atoms with Crippen molar-refractivity contribution in [2.75, 3.05) is 36.9 Å². The number of phosphoric ester groups is 2. The molecule has 0 saturated carbocycles. The Morgan fingerprint density at radius 3 is 1.42 bits per heavy atom. The lowest BCUT2D eigenvalue weighted by molar-refractivity contribution is -0.247. The van der Waals surface area contributed by atoms with Crippen LogP contribution in [0.25, 0.3) is 34.5 Å². The lowest BCUT2D eigenvalue weighted by atomic mass is 10.1. The van der Waals surface area contributed by atoms with Crippen LogP contribution in [0, 0.1) is 0 Å². The molecular formula is C44H46N12O15P2-2. The van der Waals surface area contributed by atoms with E-state index in [1.807, 2.05) is 60.7 Å². The number of carbonyl (C=O) groups is 2. The van der Waals surface area contributed by atoms with E-state index in [-0.39, 0.29) is 34.0 Å². The van der Waals surface area contributed by atoms with Crippen molar-refractivity contribution in [3.63, 3.8) is 0 Å². The third-order valence-electron chi connectivity index (χ3n) is 11.6. The Morgan fingerprint density at radius 2 is 1.01 bits per heavy atom. The van der Waals surface area contributed by atoms with Gasteiger partial charge in [-0.3, -0.25) is 28.9 Å². The summed E-state index contributed by atoms with van der Waals surface area (Å²) in [7, 11) is -11.5. The number of aromatic nitrogens is 8. The Kier molecular flexibility index (Phi) is 14.8. The first kappa shape index (κ1) is 50.1. The maximum Gasteiger partial charge on any atom is 0.320 e. The van der Waals surface area contributed by atoms with Gasteiger partial charge in [-0.2, -0.15) is 0 Å². The van der Waals surface area contributed by atoms with Gasteiger partial charge in [0.2, 0.25) is 0 Å². The minimum absolute atomic E-state index is 0.109. The molecule has 29 heteroatoms. The predicted molar refractivity (Wildman–Crippen MR) is 250 cm³/mol. The van der Waals surface area contributed by atoms with Gasteiger partial charge in [-0.1, -0.05) is 72.8 Å². The summed E-state index contributed by atoms with van der Waals surface area (Å²) in [6, 6.07) is 17.6. The Morgan fingerprint density at radius 1 is 0.603 bits per heavy atom. The highest BCUT2D eigenvalue weighted by Gasteiger charge is 2.55. The third kappa shape index (κ3) is 11.2. The van der Waals surface area contributed by atoms with Crippen LogP contribution in [-0.4, -0.2) is 127 Å². The van der Waals surface area contributed by atoms with Crippen LogP contribution in [0.1, 0.15) is 37.4 Å². The summed E-state index contributed by atoms with van der Waals surface area (Å²) in [5.41, 5.74) is 2.58. The summed E-state index contributed by atoms with van der Waals surface area (Å²) in [5, 5.41) is 10.5. The average Bonchev–Trinajstić information content (AvgIpc) is 4.24. The first-order chi connectivity index (χ1) is 35.3. The van der Waals surface area contributed by atoms with Gasteiger partial charge in [-0.15, -0.1) is 0 Å². The molecule has 4 fully saturated rings. The van der Waals surface area contributed by atoms with Crippen LogP contribution < -0.4 is 31.1 Å². The van der Waals surface area contributed by atoms with Crippen molar-refractivity contribution in [1.82, 2.24) is 49.7 Å². The van der Waals surface area contributed by atoms with Crippen LogP contribution in [0.15, 0.2) is 98.1 Å². The number of nitrogens with zero attached hydrogens (tertiary/aromatic N) is 8. The number of phosphoric acid groups is 2. The molecule has 4 aliphatic heterocycles. The quantitative estimate of drug-likeness (QED) is 0.0896. The number of carbonyl (C=O) groups excluding carboxylic acids is 2. The summed E-state index contributed by atoms with van der Waals surface area (Å²) in [4.78, 5) is 77.1. The van der Waals surface area contributed by atoms with Crippen LogP contribution in [0.3, 0.4) is 0 Å². The van der Waals surface area contributed by atoms with Gasteiger partial charge in [-0.25, -0.2) is 43.8 Å². The zero-order valence-corrected chi connectivity index (χ0v) is 40.4. The monoisotopic (exact) mass is 1040 g/mol.